The minimum atomic E-state index is -3.18. The van der Waals surface area contributed by atoms with Gasteiger partial charge in [0.15, 0.2) is 11.6 Å². The number of nitrogens with one attached hydrogen (secondary N) is 1. The van der Waals surface area contributed by atoms with Crippen molar-refractivity contribution in [2.45, 2.75) is 26.3 Å². The smallest absolute Gasteiger partial charge is 0.211 e. The number of hydrogen-bond donors (Lipinski definition) is 1. The highest BCUT2D eigenvalue weighted by molar-refractivity contribution is 7.88. The van der Waals surface area contributed by atoms with Gasteiger partial charge in [0.1, 0.15) is 0 Å². The van der Waals surface area contributed by atoms with Crippen molar-refractivity contribution in [1.29, 1.82) is 0 Å². The van der Waals surface area contributed by atoms with Crippen molar-refractivity contribution >= 4 is 10.0 Å². The molecule has 0 bridgehead atoms. The van der Waals surface area contributed by atoms with E-state index in [0.29, 0.717) is 26.1 Å². The van der Waals surface area contributed by atoms with E-state index in [1.54, 1.807) is 13.8 Å². The Morgan fingerprint density at radius 2 is 2.00 bits per heavy atom. The average Bonchev–Trinajstić information content (AvgIpc) is 2.40. The lowest BCUT2D eigenvalue weighted by Gasteiger charge is -2.19. The van der Waals surface area contributed by atoms with Crippen molar-refractivity contribution in [3.63, 3.8) is 0 Å². The summed E-state index contributed by atoms with van der Waals surface area (Å²) in [6, 6.07) is 3.74. The van der Waals surface area contributed by atoms with E-state index in [0.717, 1.165) is 6.07 Å². The number of sulfonamides is 1. The quantitative estimate of drug-likeness (QED) is 0.748. The van der Waals surface area contributed by atoms with Gasteiger partial charge in [-0.05, 0) is 26.0 Å². The Labute approximate surface area is 125 Å². The monoisotopic (exact) mass is 320 g/mol. The molecular formula is C14H22F2N2O2S. The van der Waals surface area contributed by atoms with Crippen molar-refractivity contribution < 1.29 is 17.2 Å². The molecule has 0 fully saturated rings. The molecule has 21 heavy (non-hydrogen) atoms. The molecule has 7 heteroatoms. The highest BCUT2D eigenvalue weighted by Crippen LogP contribution is 2.18. The number of hydrogen-bond acceptors (Lipinski definition) is 3. The van der Waals surface area contributed by atoms with Crippen LogP contribution in [0.1, 0.15) is 31.9 Å². The first-order valence-electron chi connectivity index (χ1n) is 6.89. The van der Waals surface area contributed by atoms with Crippen molar-refractivity contribution in [3.8, 4) is 0 Å². The second kappa shape index (κ2) is 7.82. The lowest BCUT2D eigenvalue weighted by molar-refractivity contribution is 0.410. The van der Waals surface area contributed by atoms with E-state index in [1.807, 2.05) is 0 Å². The maximum Gasteiger partial charge on any atom is 0.211 e. The molecule has 0 saturated heterocycles. The van der Waals surface area contributed by atoms with Crippen molar-refractivity contribution in [3.05, 3.63) is 35.4 Å². The van der Waals surface area contributed by atoms with E-state index < -0.39 is 21.7 Å². The molecule has 0 amide bonds. The second-order valence-electron chi connectivity index (χ2n) is 4.93. The summed E-state index contributed by atoms with van der Waals surface area (Å²) in [6.45, 7) is 4.86. The third-order valence-electron chi connectivity index (χ3n) is 3.30. The second-order valence-corrected chi connectivity index (χ2v) is 6.91. The van der Waals surface area contributed by atoms with Gasteiger partial charge in [0, 0.05) is 24.7 Å². The first-order valence-corrected chi connectivity index (χ1v) is 8.74. The van der Waals surface area contributed by atoms with Crippen LogP contribution >= 0.6 is 0 Å². The predicted octanol–water partition coefficient (Wildman–Crippen LogP) is 2.29. The number of rotatable bonds is 8. The SMILES string of the molecule is CCN(CCCNC(C)c1cccc(F)c1F)S(C)(=O)=O. The van der Waals surface area contributed by atoms with Gasteiger partial charge in [-0.25, -0.2) is 21.5 Å². The van der Waals surface area contributed by atoms with Crippen LogP contribution in [0.2, 0.25) is 0 Å². The van der Waals surface area contributed by atoms with Gasteiger partial charge in [-0.2, -0.15) is 0 Å². The molecule has 0 aliphatic heterocycles. The molecule has 0 aliphatic rings. The van der Waals surface area contributed by atoms with Crippen molar-refractivity contribution in [2.24, 2.45) is 0 Å². The van der Waals surface area contributed by atoms with Crippen molar-refractivity contribution in [1.82, 2.24) is 9.62 Å². The summed E-state index contributed by atoms with van der Waals surface area (Å²) >= 11 is 0. The molecule has 0 heterocycles. The van der Waals surface area contributed by atoms with Crippen LogP contribution in [-0.2, 0) is 10.0 Å². The molecule has 0 aliphatic carbocycles. The Morgan fingerprint density at radius 1 is 1.33 bits per heavy atom. The van der Waals surface area contributed by atoms with Gasteiger partial charge >= 0.3 is 0 Å². The molecule has 120 valence electrons. The number of nitrogens with zero attached hydrogens (tertiary/aromatic N) is 1. The molecule has 4 nitrogen and oxygen atoms in total. The molecule has 1 aromatic carbocycles. The van der Waals surface area contributed by atoms with Gasteiger partial charge in [-0.3, -0.25) is 0 Å². The molecule has 0 spiro atoms. The van der Waals surface area contributed by atoms with Crippen LogP contribution in [0.5, 0.6) is 0 Å². The Balaban J connectivity index is 2.47. The van der Waals surface area contributed by atoms with Crippen LogP contribution in [0.3, 0.4) is 0 Å². The Morgan fingerprint density at radius 3 is 2.57 bits per heavy atom. The summed E-state index contributed by atoms with van der Waals surface area (Å²) in [4.78, 5) is 0. The molecule has 0 radical (unpaired) electrons. The highest BCUT2D eigenvalue weighted by Gasteiger charge is 2.15. The maximum atomic E-state index is 13.6. The lowest BCUT2D eigenvalue weighted by Crippen LogP contribution is -2.32. The number of benzene rings is 1. The standard InChI is InChI=1S/C14H22F2N2O2S/c1-4-18(21(3,19)20)10-6-9-17-11(2)12-7-5-8-13(15)14(12)16/h5,7-8,11,17H,4,6,9-10H2,1-3H3. The van der Waals surface area contributed by atoms with Gasteiger partial charge in [0.2, 0.25) is 10.0 Å². The fourth-order valence-corrected chi connectivity index (χ4v) is 3.03. The summed E-state index contributed by atoms with van der Waals surface area (Å²) in [7, 11) is -3.18. The predicted molar refractivity (Wildman–Crippen MR) is 79.5 cm³/mol. The normalized spacial score (nSPS) is 13.6. The van der Waals surface area contributed by atoms with Gasteiger partial charge in [0.25, 0.3) is 0 Å². The number of halogens is 2. The topological polar surface area (TPSA) is 49.4 Å². The van der Waals surface area contributed by atoms with Crippen molar-refractivity contribution in [2.75, 3.05) is 25.9 Å². The summed E-state index contributed by atoms with van der Waals surface area (Å²) in [5.74, 6) is -1.71. The molecule has 0 aromatic heterocycles. The van der Waals surface area contributed by atoms with E-state index in [-0.39, 0.29) is 11.6 Å². The first kappa shape index (κ1) is 18.0. The van der Waals surface area contributed by atoms with Crippen LogP contribution < -0.4 is 5.32 Å². The summed E-state index contributed by atoms with van der Waals surface area (Å²) in [5, 5.41) is 3.07. The average molecular weight is 320 g/mol. The molecule has 1 aromatic rings. The van der Waals surface area contributed by atoms with Crippen LogP contribution in [0, 0.1) is 11.6 Å². The van der Waals surface area contributed by atoms with Crippen LogP contribution in [0.15, 0.2) is 18.2 Å². The largest absolute Gasteiger partial charge is 0.310 e. The van der Waals surface area contributed by atoms with E-state index in [1.165, 1.54) is 22.7 Å². The maximum absolute atomic E-state index is 13.6. The minimum absolute atomic E-state index is 0.269. The van der Waals surface area contributed by atoms with Crippen LogP contribution in [0.25, 0.3) is 0 Å². The zero-order valence-corrected chi connectivity index (χ0v) is 13.4. The summed E-state index contributed by atoms with van der Waals surface area (Å²) in [6.07, 6.45) is 1.77. The summed E-state index contributed by atoms with van der Waals surface area (Å²) in [5.41, 5.74) is 0.269. The fourth-order valence-electron chi connectivity index (χ4n) is 2.10. The first-order chi connectivity index (χ1) is 9.77. The van der Waals surface area contributed by atoms with Crippen LogP contribution in [0.4, 0.5) is 8.78 Å². The highest BCUT2D eigenvalue weighted by atomic mass is 32.2. The molecule has 1 N–H and O–H groups in total. The van der Waals surface area contributed by atoms with Gasteiger partial charge in [-0.1, -0.05) is 19.1 Å². The summed E-state index contributed by atoms with van der Waals surface area (Å²) < 4.78 is 50.9. The molecular weight excluding hydrogens is 298 g/mol. The lowest BCUT2D eigenvalue weighted by atomic mass is 10.1. The molecule has 1 rings (SSSR count). The zero-order valence-electron chi connectivity index (χ0n) is 12.6. The van der Waals surface area contributed by atoms with E-state index >= 15 is 0 Å². The molecule has 0 saturated carbocycles. The van der Waals surface area contributed by atoms with E-state index in [2.05, 4.69) is 5.32 Å². The Hall–Kier alpha value is -1.05. The van der Waals surface area contributed by atoms with E-state index in [4.69, 9.17) is 0 Å². The van der Waals surface area contributed by atoms with E-state index in [9.17, 15) is 17.2 Å². The Bertz CT molecular complexity index is 564. The van der Waals surface area contributed by atoms with Crippen LogP contribution in [-0.4, -0.2) is 38.6 Å². The zero-order chi connectivity index (χ0) is 16.0. The van der Waals surface area contributed by atoms with Gasteiger partial charge < -0.3 is 5.32 Å². The minimum Gasteiger partial charge on any atom is -0.310 e. The molecule has 1 unspecified atom stereocenters. The van der Waals surface area contributed by atoms with Gasteiger partial charge in [-0.15, -0.1) is 0 Å². The third kappa shape index (κ3) is 5.33. The Kier molecular flexibility index (Phi) is 6.70. The molecule has 1 atom stereocenters. The fraction of sp³-hybridized carbons (Fsp3) is 0.571. The van der Waals surface area contributed by atoms with Gasteiger partial charge in [0.05, 0.1) is 6.26 Å². The third-order valence-corrected chi connectivity index (χ3v) is 4.68.